The number of aryl methyl sites for hydroxylation is 1. The number of hydrogen-bond acceptors (Lipinski definition) is 4. The van der Waals surface area contributed by atoms with E-state index in [4.69, 9.17) is 0 Å². The summed E-state index contributed by atoms with van der Waals surface area (Å²) in [7, 11) is -1.79. The Hall–Kier alpha value is -3.07. The molecule has 3 rings (SSSR count). The Morgan fingerprint density at radius 2 is 1.73 bits per heavy atom. The van der Waals surface area contributed by atoms with Gasteiger partial charge in [0.15, 0.2) is 0 Å². The fraction of sp³-hybridized carbons (Fsp3) is 0.375. The van der Waals surface area contributed by atoms with E-state index in [0.717, 1.165) is 31.2 Å². The second-order valence-electron chi connectivity index (χ2n) is 8.15. The van der Waals surface area contributed by atoms with Gasteiger partial charge in [0.2, 0.25) is 17.7 Å². The molecule has 176 valence electrons. The zero-order valence-corrected chi connectivity index (χ0v) is 19.3. The summed E-state index contributed by atoms with van der Waals surface area (Å²) in [6.07, 6.45) is 4.00. The first kappa shape index (κ1) is 24.6. The normalized spacial score (nSPS) is 14.5. The van der Waals surface area contributed by atoms with E-state index in [1.165, 1.54) is 29.2 Å². The van der Waals surface area contributed by atoms with Crippen LogP contribution >= 0.6 is 0 Å². The van der Waals surface area contributed by atoms with Gasteiger partial charge in [0.05, 0.1) is 0 Å². The van der Waals surface area contributed by atoms with E-state index in [1.54, 1.807) is 18.2 Å². The highest BCUT2D eigenvalue weighted by molar-refractivity contribution is 7.86. The van der Waals surface area contributed by atoms with Crippen LogP contribution in [0, 0.1) is 12.7 Å². The van der Waals surface area contributed by atoms with Crippen LogP contribution in [0.3, 0.4) is 0 Å². The third kappa shape index (κ3) is 7.78. The first-order valence-electron chi connectivity index (χ1n) is 10.9. The van der Waals surface area contributed by atoms with E-state index in [2.05, 4.69) is 10.6 Å². The van der Waals surface area contributed by atoms with E-state index in [9.17, 15) is 23.0 Å². The van der Waals surface area contributed by atoms with Crippen LogP contribution in [0.25, 0.3) is 0 Å². The van der Waals surface area contributed by atoms with E-state index in [1.807, 2.05) is 13.0 Å². The Balaban J connectivity index is 1.61. The first-order chi connectivity index (χ1) is 15.8. The van der Waals surface area contributed by atoms with E-state index >= 15 is 0 Å². The Morgan fingerprint density at radius 3 is 2.39 bits per heavy atom. The maximum absolute atomic E-state index is 13.0. The summed E-state index contributed by atoms with van der Waals surface area (Å²) >= 11 is 0. The van der Waals surface area contributed by atoms with Gasteiger partial charge >= 0.3 is 0 Å². The average molecular weight is 474 g/mol. The molecule has 0 saturated heterocycles. The van der Waals surface area contributed by atoms with Gasteiger partial charge in [-0.15, -0.1) is 0 Å². The van der Waals surface area contributed by atoms with Crippen molar-refractivity contribution >= 4 is 39.9 Å². The molecule has 0 unspecified atom stereocenters. The van der Waals surface area contributed by atoms with Gasteiger partial charge in [-0.3, -0.25) is 18.6 Å². The summed E-state index contributed by atoms with van der Waals surface area (Å²) in [5, 5.41) is 5.49. The van der Waals surface area contributed by atoms with Crippen molar-refractivity contribution in [2.75, 3.05) is 28.3 Å². The maximum Gasteiger partial charge on any atom is 0.240 e. The molecule has 2 aromatic carbocycles. The molecular formula is C24H28FN3O4S. The summed E-state index contributed by atoms with van der Waals surface area (Å²) in [5.74, 6) is -2.54. The highest BCUT2D eigenvalue weighted by Gasteiger charge is 2.24. The van der Waals surface area contributed by atoms with Crippen molar-refractivity contribution in [3.63, 3.8) is 0 Å². The molecule has 1 fully saturated rings. The molecule has 9 heteroatoms. The summed E-state index contributed by atoms with van der Waals surface area (Å²) in [4.78, 5) is 39.1. The summed E-state index contributed by atoms with van der Waals surface area (Å²) in [6.45, 7) is 1.69. The van der Waals surface area contributed by atoms with Crippen LogP contribution in [0.5, 0.6) is 0 Å². The van der Waals surface area contributed by atoms with Crippen LogP contribution in [0.2, 0.25) is 0 Å². The van der Waals surface area contributed by atoms with Gasteiger partial charge in [0.25, 0.3) is 0 Å². The van der Waals surface area contributed by atoms with Crippen molar-refractivity contribution in [2.45, 2.75) is 38.6 Å². The SMILES string of the molecule is Cc1cccc(N(CC(=O)NC2CCCC2)C(=O)C[S@@](=O)CC(=O)Nc2ccc(F)cc2)c1. The lowest BCUT2D eigenvalue weighted by Crippen LogP contribution is -2.45. The molecule has 0 radical (unpaired) electrons. The van der Waals surface area contributed by atoms with Crippen molar-refractivity contribution in [1.29, 1.82) is 0 Å². The van der Waals surface area contributed by atoms with E-state index < -0.39 is 34.2 Å². The molecule has 0 heterocycles. The van der Waals surface area contributed by atoms with Crippen molar-refractivity contribution in [3.05, 3.63) is 59.9 Å². The minimum atomic E-state index is -1.79. The predicted molar refractivity (Wildman–Crippen MR) is 127 cm³/mol. The van der Waals surface area contributed by atoms with E-state index in [-0.39, 0.29) is 24.2 Å². The highest BCUT2D eigenvalue weighted by Crippen LogP contribution is 2.19. The number of carbonyl (C=O) groups is 3. The lowest BCUT2D eigenvalue weighted by atomic mass is 10.2. The van der Waals surface area contributed by atoms with E-state index in [0.29, 0.717) is 11.4 Å². The van der Waals surface area contributed by atoms with Crippen molar-refractivity contribution in [3.8, 4) is 0 Å². The molecule has 0 aliphatic heterocycles. The average Bonchev–Trinajstić information content (AvgIpc) is 3.26. The molecule has 2 N–H and O–H groups in total. The lowest BCUT2D eigenvalue weighted by molar-refractivity contribution is -0.123. The third-order valence-corrected chi connectivity index (χ3v) is 6.49. The largest absolute Gasteiger partial charge is 0.352 e. The quantitative estimate of drug-likeness (QED) is 0.585. The fourth-order valence-electron chi connectivity index (χ4n) is 3.75. The highest BCUT2D eigenvalue weighted by atomic mass is 32.2. The van der Waals surface area contributed by atoms with Crippen molar-refractivity contribution in [2.24, 2.45) is 0 Å². The molecule has 7 nitrogen and oxygen atoms in total. The van der Waals surface area contributed by atoms with Crippen LogP contribution in [0.4, 0.5) is 15.8 Å². The Morgan fingerprint density at radius 1 is 1.03 bits per heavy atom. The molecule has 2 aromatic rings. The first-order valence-corrected chi connectivity index (χ1v) is 12.4. The van der Waals surface area contributed by atoms with Gasteiger partial charge in [0, 0.05) is 28.2 Å². The van der Waals surface area contributed by atoms with Crippen LogP contribution in [-0.2, 0) is 25.2 Å². The van der Waals surface area contributed by atoms with Crippen LogP contribution in [0.15, 0.2) is 48.5 Å². The lowest BCUT2D eigenvalue weighted by Gasteiger charge is -2.24. The van der Waals surface area contributed by atoms with Gasteiger partial charge in [-0.1, -0.05) is 25.0 Å². The number of amides is 3. The van der Waals surface area contributed by atoms with Gasteiger partial charge < -0.3 is 15.5 Å². The van der Waals surface area contributed by atoms with Gasteiger partial charge in [-0.05, 0) is 61.7 Å². The molecule has 0 bridgehead atoms. The molecule has 1 saturated carbocycles. The predicted octanol–water partition coefficient (Wildman–Crippen LogP) is 2.91. The Bertz CT molecular complexity index is 1020. The number of carbonyl (C=O) groups excluding carboxylic acids is 3. The smallest absolute Gasteiger partial charge is 0.240 e. The summed E-state index contributed by atoms with van der Waals surface area (Å²) in [5.41, 5.74) is 1.82. The molecule has 3 amide bonds. The molecule has 0 aromatic heterocycles. The number of benzene rings is 2. The molecule has 33 heavy (non-hydrogen) atoms. The van der Waals surface area contributed by atoms with Gasteiger partial charge in [-0.25, -0.2) is 4.39 Å². The second-order valence-corrected chi connectivity index (χ2v) is 9.61. The Kier molecular flexibility index (Phi) is 8.71. The summed E-state index contributed by atoms with van der Waals surface area (Å²) in [6, 6.07) is 12.5. The molecule has 1 aliphatic carbocycles. The van der Waals surface area contributed by atoms with Crippen LogP contribution in [-0.4, -0.2) is 46.0 Å². The molecule has 1 atom stereocenters. The number of nitrogens with zero attached hydrogens (tertiary/aromatic N) is 1. The van der Waals surface area contributed by atoms with Crippen LogP contribution in [0.1, 0.15) is 31.2 Å². The zero-order chi connectivity index (χ0) is 23.8. The standard InChI is InChI=1S/C24H28FN3O4S/c1-17-5-4-8-21(13-17)28(14-22(29)26-19-6-2-3-7-19)24(31)16-33(32)15-23(30)27-20-11-9-18(25)10-12-20/h4-5,8-13,19H,2-3,6-7,14-16H2,1H3,(H,26,29)(H,27,30)/t33-/m0/s1. The maximum atomic E-state index is 13.0. The third-order valence-electron chi connectivity index (χ3n) is 5.34. The monoisotopic (exact) mass is 473 g/mol. The van der Waals surface area contributed by atoms with Crippen molar-refractivity contribution in [1.82, 2.24) is 5.32 Å². The number of nitrogens with one attached hydrogen (secondary N) is 2. The molecule has 0 spiro atoms. The minimum absolute atomic E-state index is 0.122. The number of halogens is 1. The molecular weight excluding hydrogens is 445 g/mol. The Labute approximate surface area is 195 Å². The number of hydrogen-bond donors (Lipinski definition) is 2. The fourth-order valence-corrected chi connectivity index (χ4v) is 4.65. The van der Waals surface area contributed by atoms with Gasteiger partial charge in [-0.2, -0.15) is 0 Å². The van der Waals surface area contributed by atoms with Crippen LogP contribution < -0.4 is 15.5 Å². The topological polar surface area (TPSA) is 95.6 Å². The number of rotatable bonds is 9. The number of anilines is 2. The molecule has 1 aliphatic rings. The second kappa shape index (κ2) is 11.7. The summed E-state index contributed by atoms with van der Waals surface area (Å²) < 4.78 is 25.5. The zero-order valence-electron chi connectivity index (χ0n) is 18.5. The minimum Gasteiger partial charge on any atom is -0.352 e. The van der Waals surface area contributed by atoms with Crippen molar-refractivity contribution < 1.29 is 23.0 Å². The van der Waals surface area contributed by atoms with Gasteiger partial charge in [0.1, 0.15) is 23.9 Å².